The van der Waals surface area contributed by atoms with Gasteiger partial charge in [-0.15, -0.1) is 11.8 Å². The monoisotopic (exact) mass is 293 g/mol. The van der Waals surface area contributed by atoms with Crippen molar-refractivity contribution in [1.29, 1.82) is 0 Å². The van der Waals surface area contributed by atoms with Crippen molar-refractivity contribution in [2.45, 2.75) is 18.2 Å². The number of hydrogen-bond acceptors (Lipinski definition) is 3. The predicted octanol–water partition coefficient (Wildman–Crippen LogP) is 3.64. The smallest absolute Gasteiger partial charge is 0.286 e. The summed E-state index contributed by atoms with van der Waals surface area (Å²) in [6.45, 7) is 2.39. The Morgan fingerprint density at radius 2 is 2.00 bits per heavy atom. The van der Waals surface area contributed by atoms with Gasteiger partial charge < -0.3 is 9.73 Å². The number of carbonyl (C=O) groups excluding carboxylic acids is 1. The fourth-order valence-electron chi connectivity index (χ4n) is 1.64. The van der Waals surface area contributed by atoms with Crippen LogP contribution in [0, 0.1) is 12.7 Å². The molecule has 0 aliphatic heterocycles. The van der Waals surface area contributed by atoms with Crippen molar-refractivity contribution in [2.24, 2.45) is 0 Å². The molecule has 0 saturated heterocycles. The molecule has 0 atom stereocenters. The van der Waals surface area contributed by atoms with Crippen molar-refractivity contribution >= 4 is 17.7 Å². The molecule has 0 fully saturated rings. The fourth-order valence-corrected chi connectivity index (χ4v) is 2.49. The van der Waals surface area contributed by atoms with Gasteiger partial charge in [-0.05, 0) is 55.5 Å². The van der Waals surface area contributed by atoms with Crippen LogP contribution in [-0.4, -0.2) is 18.2 Å². The molecule has 1 aromatic heterocycles. The van der Waals surface area contributed by atoms with E-state index < -0.39 is 0 Å². The Morgan fingerprint density at radius 1 is 1.25 bits per heavy atom. The first-order valence-corrected chi connectivity index (χ1v) is 7.37. The maximum absolute atomic E-state index is 12.7. The number of hydrogen-bond donors (Lipinski definition) is 1. The number of benzene rings is 1. The molecule has 0 unspecified atom stereocenters. The van der Waals surface area contributed by atoms with Gasteiger partial charge in [-0.3, -0.25) is 4.79 Å². The van der Waals surface area contributed by atoms with Gasteiger partial charge in [0.05, 0.1) is 0 Å². The molecular weight excluding hydrogens is 277 g/mol. The van der Waals surface area contributed by atoms with E-state index in [9.17, 15) is 9.18 Å². The van der Waals surface area contributed by atoms with E-state index in [4.69, 9.17) is 4.42 Å². The molecule has 0 radical (unpaired) electrons. The second-order valence-corrected chi connectivity index (χ2v) is 5.49. The molecule has 20 heavy (non-hydrogen) atoms. The Balaban J connectivity index is 1.64. The summed E-state index contributed by atoms with van der Waals surface area (Å²) in [7, 11) is 0. The van der Waals surface area contributed by atoms with Crippen molar-refractivity contribution in [3.05, 3.63) is 53.7 Å². The summed E-state index contributed by atoms with van der Waals surface area (Å²) < 4.78 is 17.9. The van der Waals surface area contributed by atoms with E-state index in [0.717, 1.165) is 22.8 Å². The maximum atomic E-state index is 12.7. The van der Waals surface area contributed by atoms with Crippen molar-refractivity contribution in [1.82, 2.24) is 5.32 Å². The van der Waals surface area contributed by atoms with Crippen LogP contribution >= 0.6 is 11.8 Å². The Hall–Kier alpha value is -1.75. The van der Waals surface area contributed by atoms with Gasteiger partial charge in [-0.25, -0.2) is 4.39 Å². The summed E-state index contributed by atoms with van der Waals surface area (Å²) in [4.78, 5) is 12.7. The van der Waals surface area contributed by atoms with Crippen molar-refractivity contribution in [2.75, 3.05) is 12.3 Å². The third-order valence-corrected chi connectivity index (χ3v) is 3.75. The highest BCUT2D eigenvalue weighted by atomic mass is 32.2. The quantitative estimate of drug-likeness (QED) is 0.653. The van der Waals surface area contributed by atoms with E-state index in [2.05, 4.69) is 5.32 Å². The molecule has 1 heterocycles. The lowest BCUT2D eigenvalue weighted by Crippen LogP contribution is -2.24. The van der Waals surface area contributed by atoms with Gasteiger partial charge in [-0.2, -0.15) is 0 Å². The molecule has 1 amide bonds. The number of rotatable bonds is 6. The maximum Gasteiger partial charge on any atom is 0.286 e. The highest BCUT2D eigenvalue weighted by Crippen LogP contribution is 2.18. The lowest BCUT2D eigenvalue weighted by Gasteiger charge is -2.03. The molecule has 0 aliphatic carbocycles. The summed E-state index contributed by atoms with van der Waals surface area (Å²) in [5.74, 6) is 1.51. The fraction of sp³-hybridized carbons (Fsp3) is 0.267. The Labute approximate surface area is 121 Å². The first-order chi connectivity index (χ1) is 9.65. The van der Waals surface area contributed by atoms with E-state index in [0.29, 0.717) is 12.3 Å². The van der Waals surface area contributed by atoms with Gasteiger partial charge in [0.1, 0.15) is 11.6 Å². The molecule has 0 bridgehead atoms. The second-order valence-electron chi connectivity index (χ2n) is 4.32. The first kappa shape index (κ1) is 14.7. The summed E-state index contributed by atoms with van der Waals surface area (Å²) in [6, 6.07) is 9.83. The van der Waals surface area contributed by atoms with Crippen molar-refractivity contribution in [3.63, 3.8) is 0 Å². The summed E-state index contributed by atoms with van der Waals surface area (Å²) in [5.41, 5.74) is 0. The largest absolute Gasteiger partial charge is 0.456 e. The summed E-state index contributed by atoms with van der Waals surface area (Å²) >= 11 is 1.64. The van der Waals surface area contributed by atoms with E-state index in [-0.39, 0.29) is 11.7 Å². The third-order valence-electron chi connectivity index (χ3n) is 2.65. The van der Waals surface area contributed by atoms with Crippen LogP contribution < -0.4 is 5.32 Å². The zero-order valence-electron chi connectivity index (χ0n) is 11.2. The number of amides is 1. The lowest BCUT2D eigenvalue weighted by atomic mass is 10.3. The number of aryl methyl sites for hydroxylation is 1. The van der Waals surface area contributed by atoms with Gasteiger partial charge in [0.15, 0.2) is 5.76 Å². The molecule has 0 aliphatic rings. The third kappa shape index (κ3) is 4.42. The molecule has 0 spiro atoms. The zero-order valence-corrected chi connectivity index (χ0v) is 12.0. The number of nitrogens with one attached hydrogen (secondary N) is 1. The standard InChI is InChI=1S/C15H16FNO2S/c1-11-3-8-14(19-11)15(18)17-9-2-10-20-13-6-4-12(16)5-7-13/h3-8H,2,9-10H2,1H3,(H,17,18). The van der Waals surface area contributed by atoms with E-state index >= 15 is 0 Å². The zero-order chi connectivity index (χ0) is 14.4. The number of carbonyl (C=O) groups is 1. The Morgan fingerprint density at radius 3 is 2.65 bits per heavy atom. The molecule has 5 heteroatoms. The minimum absolute atomic E-state index is 0.190. The highest BCUT2D eigenvalue weighted by molar-refractivity contribution is 7.99. The van der Waals surface area contributed by atoms with Gasteiger partial charge in [-0.1, -0.05) is 0 Å². The molecule has 1 N–H and O–H groups in total. The van der Waals surface area contributed by atoms with Crippen LogP contribution in [0.2, 0.25) is 0 Å². The summed E-state index contributed by atoms with van der Waals surface area (Å²) in [6.07, 6.45) is 0.841. The van der Waals surface area contributed by atoms with Gasteiger partial charge >= 0.3 is 0 Å². The number of thioether (sulfide) groups is 1. The normalized spacial score (nSPS) is 10.5. The number of furan rings is 1. The van der Waals surface area contributed by atoms with Crippen molar-refractivity contribution in [3.8, 4) is 0 Å². The van der Waals surface area contributed by atoms with Crippen LogP contribution in [0.25, 0.3) is 0 Å². The predicted molar refractivity (Wildman–Crippen MR) is 77.5 cm³/mol. The average Bonchev–Trinajstić information content (AvgIpc) is 2.87. The lowest BCUT2D eigenvalue weighted by molar-refractivity contribution is 0.0925. The van der Waals surface area contributed by atoms with Crippen LogP contribution in [0.5, 0.6) is 0 Å². The van der Waals surface area contributed by atoms with E-state index in [1.54, 1.807) is 43.0 Å². The van der Waals surface area contributed by atoms with Crippen LogP contribution in [0.4, 0.5) is 4.39 Å². The van der Waals surface area contributed by atoms with Gasteiger partial charge in [0.25, 0.3) is 5.91 Å². The van der Waals surface area contributed by atoms with Gasteiger partial charge in [0, 0.05) is 11.4 Å². The average molecular weight is 293 g/mol. The molecule has 3 nitrogen and oxygen atoms in total. The number of halogens is 1. The summed E-state index contributed by atoms with van der Waals surface area (Å²) in [5, 5.41) is 2.80. The molecule has 2 aromatic rings. The molecular formula is C15H16FNO2S. The minimum Gasteiger partial charge on any atom is -0.456 e. The minimum atomic E-state index is -0.227. The second kappa shape index (κ2) is 7.14. The molecule has 2 rings (SSSR count). The van der Waals surface area contributed by atoms with Crippen molar-refractivity contribution < 1.29 is 13.6 Å². The van der Waals surface area contributed by atoms with Crippen LogP contribution in [0.3, 0.4) is 0 Å². The van der Waals surface area contributed by atoms with Crippen LogP contribution in [0.15, 0.2) is 45.7 Å². The molecule has 0 saturated carbocycles. The van der Waals surface area contributed by atoms with Crippen LogP contribution in [0.1, 0.15) is 22.7 Å². The van der Waals surface area contributed by atoms with Gasteiger partial charge in [0.2, 0.25) is 0 Å². The van der Waals surface area contributed by atoms with Crippen LogP contribution in [-0.2, 0) is 0 Å². The SMILES string of the molecule is Cc1ccc(C(=O)NCCCSc2ccc(F)cc2)o1. The topological polar surface area (TPSA) is 42.2 Å². The molecule has 1 aromatic carbocycles. The first-order valence-electron chi connectivity index (χ1n) is 6.38. The Kier molecular flexibility index (Phi) is 5.24. The van der Waals surface area contributed by atoms with E-state index in [1.807, 2.05) is 0 Å². The highest BCUT2D eigenvalue weighted by Gasteiger charge is 2.08. The molecule has 106 valence electrons. The van der Waals surface area contributed by atoms with E-state index in [1.165, 1.54) is 12.1 Å². The Bertz CT molecular complexity index is 566.